The molecule has 0 atom stereocenters. The Morgan fingerprint density at radius 2 is 0.301 bits per heavy atom. The van der Waals surface area contributed by atoms with Crippen molar-refractivity contribution in [3.8, 4) is 89.8 Å². The van der Waals surface area contributed by atoms with Gasteiger partial charge in [0.25, 0.3) is 0 Å². The van der Waals surface area contributed by atoms with E-state index in [4.69, 9.17) is 0 Å². The molecule has 6 heterocycles. The molecule has 6 nitrogen and oxygen atoms in total. The maximum absolute atomic E-state index is 2.44. The lowest BCUT2D eigenvalue weighted by atomic mass is 9.98. The maximum Gasteiger partial charge on any atom is 0.0541 e. The summed E-state index contributed by atoms with van der Waals surface area (Å²) in [6.45, 7) is 0. The van der Waals surface area contributed by atoms with E-state index in [1.165, 1.54) is 269 Å². The second kappa shape index (κ2) is 34.3. The van der Waals surface area contributed by atoms with Crippen LogP contribution in [-0.2, 0) is 0 Å². The zero-order valence-corrected chi connectivity index (χ0v) is 79.6. The smallest absolute Gasteiger partial charge is 0.0541 e. The molecule has 0 saturated carbocycles. The molecule has 6 heteroatoms. The molecule has 0 saturated heterocycles. The van der Waals surface area contributed by atoms with Crippen molar-refractivity contribution in [1.82, 2.24) is 27.4 Å². The third-order valence-electron chi connectivity index (χ3n) is 30.4. The number of para-hydroxylation sites is 6. The fourth-order valence-corrected chi connectivity index (χ4v) is 23.7. The van der Waals surface area contributed by atoms with Gasteiger partial charge in [0.1, 0.15) is 0 Å². The molecule has 0 aliphatic carbocycles. The minimum atomic E-state index is 1.15. The summed E-state index contributed by atoms with van der Waals surface area (Å²) < 4.78 is 14.5. The van der Waals surface area contributed by atoms with Crippen LogP contribution < -0.4 is 0 Å². The molecular formula is C140H90N6. The van der Waals surface area contributed by atoms with Crippen LogP contribution in [0.15, 0.2) is 546 Å². The maximum atomic E-state index is 2.44. The van der Waals surface area contributed by atoms with Gasteiger partial charge in [-0.05, 0) is 263 Å². The van der Waals surface area contributed by atoms with E-state index >= 15 is 0 Å². The van der Waals surface area contributed by atoms with Crippen LogP contribution in [-0.4, -0.2) is 27.4 Å². The third-order valence-corrected chi connectivity index (χ3v) is 30.4. The highest BCUT2D eigenvalue weighted by Crippen LogP contribution is 2.47. The molecule has 0 aliphatic heterocycles. The van der Waals surface area contributed by atoms with Crippen molar-refractivity contribution in [3.05, 3.63) is 546 Å². The quantitative estimate of drug-likeness (QED) is 0.124. The first-order valence-corrected chi connectivity index (χ1v) is 50.3. The van der Waals surface area contributed by atoms with Crippen LogP contribution in [0.5, 0.6) is 0 Å². The average Bonchev–Trinajstić information content (AvgIpc) is 1.59. The molecule has 0 N–H and O–H groups in total. The summed E-state index contributed by atoms with van der Waals surface area (Å²) >= 11 is 0. The van der Waals surface area contributed by atoms with Crippen LogP contribution >= 0.6 is 0 Å². The second-order valence-electron chi connectivity index (χ2n) is 38.6. The molecule has 0 radical (unpaired) electrons. The first-order valence-electron chi connectivity index (χ1n) is 50.3. The van der Waals surface area contributed by atoms with Crippen LogP contribution in [0.2, 0.25) is 0 Å². The van der Waals surface area contributed by atoms with Crippen molar-refractivity contribution in [1.29, 1.82) is 0 Å². The molecule has 6 aromatic heterocycles. The van der Waals surface area contributed by atoms with Crippen molar-refractivity contribution < 1.29 is 0 Å². The molecule has 0 bridgehead atoms. The molecule has 25 aromatic carbocycles. The number of fused-ring (bicyclic) bond motifs is 23. The summed E-state index contributed by atoms with van der Waals surface area (Å²) in [6.07, 6.45) is 0. The van der Waals surface area contributed by atoms with Crippen LogP contribution in [0.4, 0.5) is 0 Å². The molecule has 0 amide bonds. The van der Waals surface area contributed by atoms with Crippen molar-refractivity contribution in [2.75, 3.05) is 0 Å². The standard InChI is InChI=1S/C52H34N2.2C44H28N2/c1-3-14-35(15-4-1)40-30-41(36-16-5-2-6-17-36)32-42(31-40)53-49-23-11-9-21-44(49)46-33-38(26-28-51(46)53)39-27-29-52-47(34-39)45-22-10-12-24-50(45)54(52)48-25-13-19-37-18-7-8-20-43(37)48;1-3-15-33-29(11-1)13-9-21-39(33)45-41-19-7-5-17-35(41)37-27-31(23-25-43(37)45)32-24-26-44-38(28-32)36-18-6-8-20-42(36)46(44)40-22-10-14-30-12-2-4-16-34(30)40;1-3-11-31-25-35(21-17-29(31)9-1)45-41-15-7-5-13-37(41)39-27-33(19-23-43(39)45)34-20-24-44-40(28-34)38-14-6-8-16-42(38)46(44)36-22-18-30-10-2-4-12-32(30)26-36/h1-34H;2*1-28H. The third kappa shape index (κ3) is 13.8. The summed E-state index contributed by atoms with van der Waals surface area (Å²) in [5, 5.41) is 27.6. The van der Waals surface area contributed by atoms with E-state index < -0.39 is 0 Å². The minimum Gasteiger partial charge on any atom is -0.309 e. The lowest BCUT2D eigenvalue weighted by molar-refractivity contribution is 1.18. The summed E-state index contributed by atoms with van der Waals surface area (Å²) in [5.41, 5.74) is 33.8. The zero-order valence-electron chi connectivity index (χ0n) is 79.6. The first kappa shape index (κ1) is 83.6. The number of aromatic nitrogens is 6. The van der Waals surface area contributed by atoms with Gasteiger partial charge in [-0.25, -0.2) is 0 Å². The van der Waals surface area contributed by atoms with Crippen molar-refractivity contribution in [2.24, 2.45) is 0 Å². The van der Waals surface area contributed by atoms with Gasteiger partial charge in [0.05, 0.1) is 83.3 Å². The van der Waals surface area contributed by atoms with E-state index in [0.717, 1.165) is 5.69 Å². The van der Waals surface area contributed by atoms with Gasteiger partial charge in [-0.15, -0.1) is 0 Å². The highest BCUT2D eigenvalue weighted by molar-refractivity contribution is 6.19. The number of rotatable bonds is 11. The van der Waals surface area contributed by atoms with E-state index in [9.17, 15) is 0 Å². The summed E-state index contributed by atoms with van der Waals surface area (Å²) in [7, 11) is 0. The number of hydrogen-bond acceptors (Lipinski definition) is 0. The van der Waals surface area contributed by atoms with Gasteiger partial charge in [-0.1, -0.05) is 376 Å². The van der Waals surface area contributed by atoms with E-state index in [2.05, 4.69) is 573 Å². The Hall–Kier alpha value is -19.4. The Kier molecular flexibility index (Phi) is 19.6. The molecule has 0 aliphatic rings. The van der Waals surface area contributed by atoms with Crippen LogP contribution in [0.25, 0.3) is 274 Å². The fourth-order valence-electron chi connectivity index (χ4n) is 23.7. The highest BCUT2D eigenvalue weighted by Gasteiger charge is 2.25. The summed E-state index contributed by atoms with van der Waals surface area (Å²) in [4.78, 5) is 0. The van der Waals surface area contributed by atoms with E-state index in [0.29, 0.717) is 0 Å². The molecule has 0 unspecified atom stereocenters. The minimum absolute atomic E-state index is 1.15. The zero-order chi connectivity index (χ0) is 96.0. The topological polar surface area (TPSA) is 29.6 Å². The summed E-state index contributed by atoms with van der Waals surface area (Å²) in [5.74, 6) is 0. The van der Waals surface area contributed by atoms with Crippen molar-refractivity contribution >= 4 is 185 Å². The lowest BCUT2D eigenvalue weighted by Gasteiger charge is -2.14. The molecule has 680 valence electrons. The lowest BCUT2D eigenvalue weighted by Crippen LogP contribution is -1.96. The SMILES string of the molecule is c1ccc(-c2cc(-c3ccccc3)cc(-n3c4ccccc4c4cc(-c5ccc6c(c5)c5ccccc5n6-c5cccc6ccccc56)ccc43)c2)cc1.c1ccc2c(-n3c4ccccc4c4cc(-c5ccc6c(c5)c5ccccc5n6-c5cccc6ccccc56)ccc43)cccc2c1.c1ccc2cc(-n3c4ccccc4c4cc(-c5ccc6c(c5)c5ccccc5n6-c5ccc6ccccc6c5)ccc43)ccc2c1. The first-order chi connectivity index (χ1) is 72.4. The summed E-state index contributed by atoms with van der Waals surface area (Å²) in [6, 6.07) is 199. The number of benzene rings is 25. The Morgan fingerprint density at radius 3 is 0.589 bits per heavy atom. The van der Waals surface area contributed by atoms with Gasteiger partial charge in [-0.2, -0.15) is 0 Å². The largest absolute Gasteiger partial charge is 0.309 e. The van der Waals surface area contributed by atoms with Crippen molar-refractivity contribution in [2.45, 2.75) is 0 Å². The fraction of sp³-hybridized carbons (Fsp3) is 0. The molecule has 31 aromatic rings. The molecule has 0 fully saturated rings. The van der Waals surface area contributed by atoms with Gasteiger partial charge < -0.3 is 27.4 Å². The highest BCUT2D eigenvalue weighted by atomic mass is 15.0. The predicted octanol–water partition coefficient (Wildman–Crippen LogP) is 37.7. The predicted molar refractivity (Wildman–Crippen MR) is 620 cm³/mol. The Bertz CT molecular complexity index is 10300. The molecule has 146 heavy (non-hydrogen) atoms. The van der Waals surface area contributed by atoms with Gasteiger partial charge in [0.2, 0.25) is 0 Å². The molecule has 31 rings (SSSR count). The van der Waals surface area contributed by atoms with Crippen LogP contribution in [0, 0.1) is 0 Å². The molecule has 0 spiro atoms. The van der Waals surface area contributed by atoms with Crippen LogP contribution in [0.1, 0.15) is 0 Å². The van der Waals surface area contributed by atoms with Crippen molar-refractivity contribution in [3.63, 3.8) is 0 Å². The Balaban J connectivity index is 0.000000104. The number of nitrogens with zero attached hydrogens (tertiary/aromatic N) is 6. The van der Waals surface area contributed by atoms with Gasteiger partial charge >= 0.3 is 0 Å². The van der Waals surface area contributed by atoms with Gasteiger partial charge in [0.15, 0.2) is 0 Å². The van der Waals surface area contributed by atoms with E-state index in [1.54, 1.807) is 0 Å². The van der Waals surface area contributed by atoms with Crippen LogP contribution in [0.3, 0.4) is 0 Å². The Morgan fingerprint density at radius 1 is 0.0890 bits per heavy atom. The Labute approximate surface area is 841 Å². The number of hydrogen-bond donors (Lipinski definition) is 0. The van der Waals surface area contributed by atoms with Gasteiger partial charge in [0, 0.05) is 97.9 Å². The van der Waals surface area contributed by atoms with E-state index in [-0.39, 0.29) is 0 Å². The van der Waals surface area contributed by atoms with E-state index in [1.807, 2.05) is 0 Å². The molecular weight excluding hydrogens is 1770 g/mol. The monoisotopic (exact) mass is 1850 g/mol. The second-order valence-corrected chi connectivity index (χ2v) is 38.6. The normalized spacial score (nSPS) is 11.8. The average molecular weight is 1860 g/mol. The van der Waals surface area contributed by atoms with Gasteiger partial charge in [-0.3, -0.25) is 0 Å².